The van der Waals surface area contributed by atoms with Gasteiger partial charge in [0.2, 0.25) is 0 Å². The van der Waals surface area contributed by atoms with Crippen molar-refractivity contribution in [3.63, 3.8) is 0 Å². The van der Waals surface area contributed by atoms with Crippen LogP contribution in [0.1, 0.15) is 127 Å². The minimum absolute atomic E-state index is 0.0331. The van der Waals surface area contributed by atoms with Gasteiger partial charge in [-0.25, -0.2) is 26.3 Å². The molecule has 0 heterocycles. The molecule has 0 amide bonds. The third-order valence-electron chi connectivity index (χ3n) is 7.89. The zero-order valence-corrected chi connectivity index (χ0v) is 35.9. The van der Waals surface area contributed by atoms with E-state index in [4.69, 9.17) is 46.4 Å². The van der Waals surface area contributed by atoms with E-state index in [9.17, 15) is 26.3 Å². The Balaban J connectivity index is 0.000000344. The van der Waals surface area contributed by atoms with Crippen LogP contribution in [-0.2, 0) is 0 Å². The van der Waals surface area contributed by atoms with Gasteiger partial charge in [0.25, 0.3) is 0 Å². The number of rotatable bonds is 5. The van der Waals surface area contributed by atoms with Gasteiger partial charge in [-0.05, 0) is 106 Å². The number of hydrogen-bond donors (Lipinski definition) is 0. The summed E-state index contributed by atoms with van der Waals surface area (Å²) in [5.41, 5.74) is 3.49. The molecular weight excluding hydrogens is 796 g/mol. The number of benzene rings is 5. The molecule has 0 aromatic heterocycles. The van der Waals surface area contributed by atoms with Gasteiger partial charge in [0.05, 0.1) is 0 Å². The van der Waals surface area contributed by atoms with Crippen molar-refractivity contribution >= 4 is 46.4 Å². The Morgan fingerprint density at radius 2 is 0.818 bits per heavy atom. The van der Waals surface area contributed by atoms with Crippen LogP contribution in [0.2, 0.25) is 20.1 Å². The van der Waals surface area contributed by atoms with Crippen LogP contribution >= 0.6 is 46.4 Å². The first-order chi connectivity index (χ1) is 25.6. The zero-order valence-electron chi connectivity index (χ0n) is 32.8. The second kappa shape index (κ2) is 24.5. The molecule has 0 saturated carbocycles. The van der Waals surface area contributed by atoms with Crippen molar-refractivity contribution in [3.8, 4) is 0 Å². The molecule has 0 aliphatic rings. The molecule has 0 aliphatic carbocycles. The molecule has 0 aliphatic heterocycles. The lowest BCUT2D eigenvalue weighted by atomic mass is 10.0. The summed E-state index contributed by atoms with van der Waals surface area (Å²) in [6.07, 6.45) is 0. The summed E-state index contributed by atoms with van der Waals surface area (Å²) in [5, 5.41) is 2.96. The van der Waals surface area contributed by atoms with Crippen LogP contribution in [0.5, 0.6) is 0 Å². The van der Waals surface area contributed by atoms with E-state index in [0.717, 1.165) is 38.3 Å². The van der Waals surface area contributed by atoms with E-state index in [1.165, 1.54) is 36.4 Å². The summed E-state index contributed by atoms with van der Waals surface area (Å²) >= 11 is 23.6. The first kappa shape index (κ1) is 49.9. The molecule has 0 atom stereocenters. The summed E-state index contributed by atoms with van der Waals surface area (Å²) in [6, 6.07) is 23.0. The van der Waals surface area contributed by atoms with Gasteiger partial charge in [-0.15, -0.1) is 0 Å². The van der Waals surface area contributed by atoms with Gasteiger partial charge >= 0.3 is 0 Å². The van der Waals surface area contributed by atoms with E-state index in [1.807, 2.05) is 58.0 Å². The average molecular weight is 847 g/mol. The topological polar surface area (TPSA) is 0 Å². The molecule has 0 spiro atoms. The fourth-order valence-corrected chi connectivity index (χ4v) is 6.43. The molecule has 5 aromatic carbocycles. The molecule has 0 bridgehead atoms. The molecule has 5 rings (SSSR count). The van der Waals surface area contributed by atoms with Gasteiger partial charge in [0.1, 0.15) is 23.3 Å². The maximum atomic E-state index is 12.9. The zero-order chi connectivity index (χ0) is 42.2. The first-order valence-corrected chi connectivity index (χ1v) is 19.3. The minimum atomic E-state index is -0.767. The van der Waals surface area contributed by atoms with Crippen LogP contribution in [0.4, 0.5) is 26.3 Å². The summed E-state index contributed by atoms with van der Waals surface area (Å²) in [5.74, 6) is -2.47. The predicted octanol–water partition coefficient (Wildman–Crippen LogP) is 17.5. The van der Waals surface area contributed by atoms with Crippen molar-refractivity contribution < 1.29 is 26.3 Å². The van der Waals surface area contributed by atoms with Crippen LogP contribution in [0, 0.1) is 34.9 Å². The fourth-order valence-electron chi connectivity index (χ4n) is 4.97. The molecule has 55 heavy (non-hydrogen) atoms. The minimum Gasteiger partial charge on any atom is -0.207 e. The van der Waals surface area contributed by atoms with E-state index < -0.39 is 34.9 Å². The summed E-state index contributed by atoms with van der Waals surface area (Å²) in [6.45, 7) is 19.4. The van der Waals surface area contributed by atoms with Gasteiger partial charge in [0.15, 0.2) is 11.6 Å². The lowest BCUT2D eigenvalue weighted by molar-refractivity contribution is 0.494. The average Bonchev–Trinajstić information content (AvgIpc) is 3.06. The van der Waals surface area contributed by atoms with Crippen molar-refractivity contribution in [2.45, 2.75) is 98.8 Å². The van der Waals surface area contributed by atoms with Crippen LogP contribution in [0.25, 0.3) is 0 Å². The molecule has 300 valence electrons. The molecule has 0 saturated heterocycles. The highest BCUT2D eigenvalue weighted by Gasteiger charge is 2.12. The van der Waals surface area contributed by atoms with Crippen LogP contribution < -0.4 is 0 Å². The highest BCUT2D eigenvalue weighted by molar-refractivity contribution is 6.36. The van der Waals surface area contributed by atoms with Crippen molar-refractivity contribution in [2.24, 2.45) is 0 Å². The van der Waals surface area contributed by atoms with E-state index in [2.05, 4.69) is 27.7 Å². The third-order valence-corrected chi connectivity index (χ3v) is 9.12. The van der Waals surface area contributed by atoms with Crippen molar-refractivity contribution in [1.82, 2.24) is 0 Å². The highest BCUT2D eigenvalue weighted by atomic mass is 35.5. The molecule has 10 heteroatoms. The van der Waals surface area contributed by atoms with Crippen molar-refractivity contribution in [3.05, 3.63) is 174 Å². The Hall–Kier alpha value is -3.16. The maximum absolute atomic E-state index is 12.9. The van der Waals surface area contributed by atoms with Crippen molar-refractivity contribution in [1.29, 1.82) is 0 Å². The monoisotopic (exact) mass is 844 g/mol. The largest absolute Gasteiger partial charge is 0.207 e. The van der Waals surface area contributed by atoms with E-state index in [1.54, 1.807) is 26.0 Å². The molecular formula is C45H50Cl4F6. The first-order valence-electron chi connectivity index (χ1n) is 17.8. The Bertz CT molecular complexity index is 1810. The van der Waals surface area contributed by atoms with Crippen molar-refractivity contribution in [2.75, 3.05) is 0 Å². The number of halogens is 10. The lowest BCUT2D eigenvalue weighted by Gasteiger charge is -2.09. The summed E-state index contributed by atoms with van der Waals surface area (Å²) in [4.78, 5) is 0. The quantitative estimate of drug-likeness (QED) is 0.155. The van der Waals surface area contributed by atoms with Gasteiger partial charge in [0, 0.05) is 31.7 Å². The third kappa shape index (κ3) is 17.3. The SMILES string of the molecule is CC(C)c1c(Cl)cccc1Cl.CC(C)c1c(F)cccc1F.CC(C)c1cc(F)cc(F)c1.CC(C)c1ccc(Cl)cc1Cl.CC(C)c1cccc(F)c1F. The van der Waals surface area contributed by atoms with Crippen LogP contribution in [-0.4, -0.2) is 0 Å². The summed E-state index contributed by atoms with van der Waals surface area (Å²) in [7, 11) is 0. The fraction of sp³-hybridized carbons (Fsp3) is 0.333. The normalized spacial score (nSPS) is 10.6. The smallest absolute Gasteiger partial charge is 0.162 e. The lowest BCUT2D eigenvalue weighted by Crippen LogP contribution is -1.96. The summed E-state index contributed by atoms with van der Waals surface area (Å²) < 4.78 is 76.3. The van der Waals surface area contributed by atoms with Gasteiger partial charge in [-0.2, -0.15) is 0 Å². The molecule has 0 N–H and O–H groups in total. The van der Waals surface area contributed by atoms with E-state index >= 15 is 0 Å². The van der Waals surface area contributed by atoms with Gasteiger partial charge in [-0.3, -0.25) is 0 Å². The molecule has 5 aromatic rings. The highest BCUT2D eigenvalue weighted by Crippen LogP contribution is 2.31. The maximum Gasteiger partial charge on any atom is 0.162 e. The van der Waals surface area contributed by atoms with Crippen LogP contribution in [0.3, 0.4) is 0 Å². The van der Waals surface area contributed by atoms with Crippen LogP contribution in [0.15, 0.2) is 91.0 Å². The second-order valence-corrected chi connectivity index (χ2v) is 15.7. The standard InChI is InChI=1S/2C9H10Cl2.3C9H10F2/c1-6(2)8-4-3-7(10)5-9(8)11;1-6(2)9-7(10)4-3-5-8(9)11;1-6(2)7-3-8(10)5-9(11)4-7;1-6(2)9-7(10)4-3-5-8(9)11;1-6(2)7-4-3-5-8(10)9(7)11/h5*3-6H,1-2H3. The Kier molecular flexibility index (Phi) is 22.2. The Morgan fingerprint density at radius 1 is 0.382 bits per heavy atom. The van der Waals surface area contributed by atoms with E-state index in [0.29, 0.717) is 28.0 Å². The Morgan fingerprint density at radius 3 is 1.18 bits per heavy atom. The van der Waals surface area contributed by atoms with Gasteiger partial charge < -0.3 is 0 Å². The van der Waals surface area contributed by atoms with Gasteiger partial charge in [-0.1, -0.05) is 146 Å². The van der Waals surface area contributed by atoms with E-state index in [-0.39, 0.29) is 23.3 Å². The molecule has 0 nitrogen and oxygen atoms in total. The number of hydrogen-bond acceptors (Lipinski definition) is 0. The molecule has 0 unspecified atom stereocenters. The molecule has 0 radical (unpaired) electrons. The Labute approximate surface area is 343 Å². The molecule has 0 fully saturated rings. The second-order valence-electron chi connectivity index (χ2n) is 14.1. The predicted molar refractivity (Wildman–Crippen MR) is 222 cm³/mol.